The molecule has 0 aromatic rings. The SMILES string of the molecule is CC(C)(C)C(=O)CC(C=O)CNC(=O)C(C)(C)C. The van der Waals surface area contributed by atoms with Gasteiger partial charge in [0.25, 0.3) is 0 Å². The van der Waals surface area contributed by atoms with Crippen molar-refractivity contribution >= 4 is 18.0 Å². The molecular formula is C14H25NO3. The molecule has 0 heterocycles. The van der Waals surface area contributed by atoms with E-state index in [4.69, 9.17) is 0 Å². The molecule has 4 heteroatoms. The van der Waals surface area contributed by atoms with Crippen molar-refractivity contribution in [1.29, 1.82) is 0 Å². The van der Waals surface area contributed by atoms with E-state index < -0.39 is 16.7 Å². The minimum Gasteiger partial charge on any atom is -0.355 e. The Balaban J connectivity index is 4.35. The molecule has 18 heavy (non-hydrogen) atoms. The van der Waals surface area contributed by atoms with E-state index in [2.05, 4.69) is 5.32 Å². The third-order valence-electron chi connectivity index (χ3n) is 2.68. The highest BCUT2D eigenvalue weighted by Crippen LogP contribution is 2.19. The topological polar surface area (TPSA) is 63.2 Å². The van der Waals surface area contributed by atoms with Gasteiger partial charge in [-0.25, -0.2) is 0 Å². The minimum absolute atomic E-state index is 0.0320. The summed E-state index contributed by atoms with van der Waals surface area (Å²) in [6.45, 7) is 11.1. The van der Waals surface area contributed by atoms with Gasteiger partial charge in [0.1, 0.15) is 12.1 Å². The average Bonchev–Trinajstić information content (AvgIpc) is 2.20. The van der Waals surface area contributed by atoms with E-state index >= 15 is 0 Å². The number of hydrogen-bond donors (Lipinski definition) is 1. The van der Waals surface area contributed by atoms with Crippen LogP contribution in [-0.2, 0) is 14.4 Å². The summed E-state index contributed by atoms with van der Waals surface area (Å²) in [6.07, 6.45) is 0.921. The Morgan fingerprint density at radius 1 is 1.06 bits per heavy atom. The predicted molar refractivity (Wildman–Crippen MR) is 71.1 cm³/mol. The molecular weight excluding hydrogens is 230 g/mol. The third kappa shape index (κ3) is 5.94. The lowest BCUT2D eigenvalue weighted by Crippen LogP contribution is -2.39. The van der Waals surface area contributed by atoms with Gasteiger partial charge in [-0.1, -0.05) is 41.5 Å². The Hall–Kier alpha value is -1.19. The summed E-state index contributed by atoms with van der Waals surface area (Å²) in [5.41, 5.74) is -0.934. The molecule has 0 fully saturated rings. The Labute approximate surface area is 110 Å². The first kappa shape index (κ1) is 16.8. The van der Waals surface area contributed by atoms with Crippen LogP contribution >= 0.6 is 0 Å². The van der Waals surface area contributed by atoms with E-state index in [-0.39, 0.29) is 24.7 Å². The standard InChI is InChI=1S/C14H25NO3/c1-13(2,3)11(17)7-10(9-16)8-15-12(18)14(4,5)6/h9-10H,7-8H2,1-6H3,(H,15,18). The summed E-state index contributed by atoms with van der Waals surface area (Å²) in [5, 5.41) is 2.71. The van der Waals surface area contributed by atoms with Crippen molar-refractivity contribution in [3.8, 4) is 0 Å². The van der Waals surface area contributed by atoms with Gasteiger partial charge in [0.2, 0.25) is 5.91 Å². The number of amides is 1. The Kier molecular flexibility index (Phi) is 5.71. The predicted octanol–water partition coefficient (Wildman–Crippen LogP) is 1.97. The molecule has 0 radical (unpaired) electrons. The molecule has 104 valence electrons. The molecule has 0 aliphatic heterocycles. The van der Waals surface area contributed by atoms with Crippen molar-refractivity contribution in [1.82, 2.24) is 5.32 Å². The lowest BCUT2D eigenvalue weighted by Gasteiger charge is -2.21. The van der Waals surface area contributed by atoms with Crippen LogP contribution in [0.5, 0.6) is 0 Å². The van der Waals surface area contributed by atoms with Crippen LogP contribution in [-0.4, -0.2) is 24.5 Å². The van der Waals surface area contributed by atoms with Crippen LogP contribution in [0.25, 0.3) is 0 Å². The second-order valence-corrected chi connectivity index (χ2v) is 6.73. The zero-order chi connectivity index (χ0) is 14.6. The summed E-state index contributed by atoms with van der Waals surface area (Å²) in [5.74, 6) is -0.523. The quantitative estimate of drug-likeness (QED) is 0.764. The Morgan fingerprint density at radius 2 is 1.56 bits per heavy atom. The molecule has 0 saturated carbocycles. The lowest BCUT2D eigenvalue weighted by atomic mass is 9.85. The number of nitrogens with one attached hydrogen (secondary N) is 1. The van der Waals surface area contributed by atoms with Gasteiger partial charge in [0.05, 0.1) is 0 Å². The number of ketones is 1. The molecule has 0 rings (SSSR count). The fourth-order valence-corrected chi connectivity index (χ4v) is 1.20. The van der Waals surface area contributed by atoms with Gasteiger partial charge in [0.15, 0.2) is 0 Å². The largest absolute Gasteiger partial charge is 0.355 e. The summed E-state index contributed by atoms with van der Waals surface area (Å²) in [4.78, 5) is 34.4. The highest BCUT2D eigenvalue weighted by Gasteiger charge is 2.26. The van der Waals surface area contributed by atoms with Gasteiger partial charge >= 0.3 is 0 Å². The van der Waals surface area contributed by atoms with E-state index in [1.54, 1.807) is 20.8 Å². The van der Waals surface area contributed by atoms with Crippen molar-refractivity contribution in [2.24, 2.45) is 16.7 Å². The van der Waals surface area contributed by atoms with Crippen LogP contribution < -0.4 is 5.32 Å². The maximum absolute atomic E-state index is 11.8. The zero-order valence-electron chi connectivity index (χ0n) is 12.3. The van der Waals surface area contributed by atoms with E-state index in [0.717, 1.165) is 6.29 Å². The van der Waals surface area contributed by atoms with Crippen molar-refractivity contribution in [3.63, 3.8) is 0 Å². The molecule has 0 spiro atoms. The molecule has 0 bridgehead atoms. The monoisotopic (exact) mass is 255 g/mol. The maximum atomic E-state index is 11.8. The van der Waals surface area contributed by atoms with Crippen LogP contribution in [0.1, 0.15) is 48.0 Å². The first-order valence-electron chi connectivity index (χ1n) is 6.25. The van der Waals surface area contributed by atoms with Gasteiger partial charge in [-0.15, -0.1) is 0 Å². The Morgan fingerprint density at radius 3 is 1.89 bits per heavy atom. The fraction of sp³-hybridized carbons (Fsp3) is 0.786. The van der Waals surface area contributed by atoms with Crippen molar-refractivity contribution < 1.29 is 14.4 Å². The number of carbonyl (C=O) groups is 3. The van der Waals surface area contributed by atoms with Crippen molar-refractivity contribution in [3.05, 3.63) is 0 Å². The lowest BCUT2D eigenvalue weighted by molar-refractivity contribution is -0.131. The molecule has 0 aromatic heterocycles. The number of Topliss-reactive ketones (excluding diaryl/α,β-unsaturated/α-hetero) is 1. The molecule has 1 N–H and O–H groups in total. The summed E-state index contributed by atoms with van der Waals surface area (Å²) >= 11 is 0. The van der Waals surface area contributed by atoms with Crippen LogP contribution in [0, 0.1) is 16.7 Å². The maximum Gasteiger partial charge on any atom is 0.225 e. The number of rotatable bonds is 5. The molecule has 0 aromatic carbocycles. The van der Waals surface area contributed by atoms with Gasteiger partial charge in [-0.3, -0.25) is 9.59 Å². The molecule has 1 amide bonds. The van der Waals surface area contributed by atoms with Crippen LogP contribution in [0.3, 0.4) is 0 Å². The fourth-order valence-electron chi connectivity index (χ4n) is 1.20. The number of carbonyl (C=O) groups excluding carboxylic acids is 3. The van der Waals surface area contributed by atoms with E-state index in [1.165, 1.54) is 0 Å². The molecule has 4 nitrogen and oxygen atoms in total. The second kappa shape index (κ2) is 6.12. The highest BCUT2D eigenvalue weighted by molar-refractivity contribution is 5.86. The number of aldehydes is 1. The van der Waals surface area contributed by atoms with Gasteiger partial charge in [0, 0.05) is 29.7 Å². The molecule has 1 atom stereocenters. The van der Waals surface area contributed by atoms with Gasteiger partial charge in [-0.05, 0) is 0 Å². The molecule has 0 aliphatic rings. The highest BCUT2D eigenvalue weighted by atomic mass is 16.2. The van der Waals surface area contributed by atoms with Crippen molar-refractivity contribution in [2.75, 3.05) is 6.54 Å². The van der Waals surface area contributed by atoms with Gasteiger partial charge < -0.3 is 10.1 Å². The third-order valence-corrected chi connectivity index (χ3v) is 2.68. The Bertz CT molecular complexity index is 321. The van der Waals surface area contributed by atoms with E-state index in [0.29, 0.717) is 0 Å². The average molecular weight is 255 g/mol. The summed E-state index contributed by atoms with van der Waals surface area (Å²) in [7, 11) is 0. The second-order valence-electron chi connectivity index (χ2n) is 6.73. The van der Waals surface area contributed by atoms with Crippen LogP contribution in [0.4, 0.5) is 0 Å². The summed E-state index contributed by atoms with van der Waals surface area (Å²) in [6, 6.07) is 0. The molecule has 0 aliphatic carbocycles. The summed E-state index contributed by atoms with van der Waals surface area (Å²) < 4.78 is 0. The first-order chi connectivity index (χ1) is 7.98. The van der Waals surface area contributed by atoms with E-state index in [9.17, 15) is 14.4 Å². The van der Waals surface area contributed by atoms with Gasteiger partial charge in [-0.2, -0.15) is 0 Å². The smallest absolute Gasteiger partial charge is 0.225 e. The zero-order valence-corrected chi connectivity index (χ0v) is 12.3. The van der Waals surface area contributed by atoms with Crippen LogP contribution in [0.2, 0.25) is 0 Å². The van der Waals surface area contributed by atoms with E-state index in [1.807, 2.05) is 20.8 Å². The number of hydrogen-bond acceptors (Lipinski definition) is 3. The van der Waals surface area contributed by atoms with Crippen molar-refractivity contribution in [2.45, 2.75) is 48.0 Å². The molecule has 1 unspecified atom stereocenters. The van der Waals surface area contributed by atoms with Crippen LogP contribution in [0.15, 0.2) is 0 Å². The first-order valence-corrected chi connectivity index (χ1v) is 6.25. The normalized spacial score (nSPS) is 13.9. The minimum atomic E-state index is -0.485. The molecule has 0 saturated heterocycles.